The number of rotatable bonds is 5. The van der Waals surface area contributed by atoms with Gasteiger partial charge in [0.1, 0.15) is 28.1 Å². The fourth-order valence-electron chi connectivity index (χ4n) is 2.68. The molecular weight excluding hydrogens is 347 g/mol. The van der Waals surface area contributed by atoms with Gasteiger partial charge in [0.25, 0.3) is 5.91 Å². The minimum Gasteiger partial charge on any atom is -0.486 e. The van der Waals surface area contributed by atoms with Gasteiger partial charge in [-0.15, -0.1) is 11.3 Å². The molecule has 1 aliphatic heterocycles. The summed E-state index contributed by atoms with van der Waals surface area (Å²) in [7, 11) is 0. The average Bonchev–Trinajstić information content (AvgIpc) is 3.21. The second kappa shape index (κ2) is 7.18. The molecule has 132 valence electrons. The lowest BCUT2D eigenvalue weighted by atomic mass is 10.1. The molecule has 1 aliphatic rings. The lowest BCUT2D eigenvalue weighted by Gasteiger charge is -2.14. The highest BCUT2D eigenvalue weighted by Crippen LogP contribution is 2.25. The number of aliphatic carboxylic acids is 1. The van der Waals surface area contributed by atoms with Crippen molar-refractivity contribution in [2.45, 2.75) is 20.0 Å². The fraction of sp³-hybridized carbons (Fsp3) is 0.353. The first kappa shape index (κ1) is 17.3. The lowest BCUT2D eigenvalue weighted by molar-refractivity contribution is -0.141. The fourth-order valence-corrected chi connectivity index (χ4v) is 3.62. The quantitative estimate of drug-likeness (QED) is 0.882. The van der Waals surface area contributed by atoms with Crippen LogP contribution in [0.25, 0.3) is 0 Å². The van der Waals surface area contributed by atoms with Crippen LogP contribution in [-0.4, -0.2) is 40.0 Å². The number of carboxylic acid groups (broad SMARTS) is 1. The molecule has 25 heavy (non-hydrogen) atoms. The maximum Gasteiger partial charge on any atom is 0.308 e. The summed E-state index contributed by atoms with van der Waals surface area (Å²) in [5, 5.41) is 9.69. The van der Waals surface area contributed by atoms with Crippen molar-refractivity contribution in [3.63, 3.8) is 0 Å². The van der Waals surface area contributed by atoms with Crippen LogP contribution in [-0.2, 0) is 11.4 Å². The molecule has 1 N–H and O–H groups in total. The highest BCUT2D eigenvalue weighted by Gasteiger charge is 2.32. The summed E-state index contributed by atoms with van der Waals surface area (Å²) < 4.78 is 18.4. The van der Waals surface area contributed by atoms with Gasteiger partial charge >= 0.3 is 5.97 Å². The summed E-state index contributed by atoms with van der Waals surface area (Å²) in [6.45, 7) is 2.60. The van der Waals surface area contributed by atoms with Gasteiger partial charge in [-0.25, -0.2) is 9.37 Å². The van der Waals surface area contributed by atoms with E-state index in [4.69, 9.17) is 9.84 Å². The molecule has 1 aromatic heterocycles. The van der Waals surface area contributed by atoms with Crippen LogP contribution in [0.1, 0.15) is 26.8 Å². The number of aromatic nitrogens is 1. The molecule has 2 heterocycles. The highest BCUT2D eigenvalue weighted by molar-refractivity contribution is 7.13. The van der Waals surface area contributed by atoms with E-state index in [2.05, 4.69) is 4.98 Å². The number of hydrogen-bond donors (Lipinski definition) is 1. The first-order valence-corrected chi connectivity index (χ1v) is 8.62. The molecule has 2 aromatic rings. The number of benzene rings is 1. The number of halogens is 1. The van der Waals surface area contributed by atoms with E-state index in [1.54, 1.807) is 11.8 Å². The number of carboxylic acids is 1. The Morgan fingerprint density at radius 3 is 2.76 bits per heavy atom. The molecule has 0 spiro atoms. The molecule has 6 nitrogen and oxygen atoms in total. The van der Waals surface area contributed by atoms with Gasteiger partial charge < -0.3 is 14.7 Å². The van der Waals surface area contributed by atoms with Crippen molar-refractivity contribution >= 4 is 23.2 Å². The predicted octanol–water partition coefficient (Wildman–Crippen LogP) is 2.72. The van der Waals surface area contributed by atoms with Gasteiger partial charge in [-0.1, -0.05) is 0 Å². The Balaban J connectivity index is 1.64. The van der Waals surface area contributed by atoms with Crippen LogP contribution in [0.3, 0.4) is 0 Å². The van der Waals surface area contributed by atoms with Gasteiger partial charge in [-0.3, -0.25) is 9.59 Å². The Kier molecular flexibility index (Phi) is 4.98. The molecule has 1 atom stereocenters. The number of carbonyl (C=O) groups is 2. The maximum atomic E-state index is 12.9. The first-order chi connectivity index (χ1) is 11.9. The van der Waals surface area contributed by atoms with Crippen molar-refractivity contribution in [2.75, 3.05) is 13.1 Å². The number of hydrogen-bond acceptors (Lipinski definition) is 5. The number of amides is 1. The SMILES string of the molecule is Cc1nc(COc2ccc(F)cc2)sc1C(=O)N1CC[C@@H](C(=O)O)C1. The number of likely N-dealkylation sites (tertiary alicyclic amines) is 1. The predicted molar refractivity (Wildman–Crippen MR) is 89.2 cm³/mol. The molecule has 1 amide bonds. The highest BCUT2D eigenvalue weighted by atomic mass is 32.1. The van der Waals surface area contributed by atoms with Crippen LogP contribution in [0, 0.1) is 18.7 Å². The Morgan fingerprint density at radius 1 is 1.40 bits per heavy atom. The van der Waals surface area contributed by atoms with E-state index < -0.39 is 11.9 Å². The number of aryl methyl sites for hydroxylation is 1. The van der Waals surface area contributed by atoms with Gasteiger partial charge in [0, 0.05) is 13.1 Å². The Morgan fingerprint density at radius 2 is 2.12 bits per heavy atom. The summed E-state index contributed by atoms with van der Waals surface area (Å²) >= 11 is 1.24. The summed E-state index contributed by atoms with van der Waals surface area (Å²) in [6.07, 6.45) is 0.472. The van der Waals surface area contributed by atoms with Gasteiger partial charge in [0.15, 0.2) is 0 Å². The number of nitrogens with zero attached hydrogens (tertiary/aromatic N) is 2. The van der Waals surface area contributed by atoms with Crippen LogP contribution in [0.2, 0.25) is 0 Å². The first-order valence-electron chi connectivity index (χ1n) is 7.81. The van der Waals surface area contributed by atoms with Crippen LogP contribution in [0.4, 0.5) is 4.39 Å². The minimum absolute atomic E-state index is 0.183. The lowest BCUT2D eigenvalue weighted by Crippen LogP contribution is -2.29. The summed E-state index contributed by atoms with van der Waals surface area (Å²) in [5.41, 5.74) is 0.603. The van der Waals surface area contributed by atoms with E-state index in [1.165, 1.54) is 35.6 Å². The molecule has 0 saturated carbocycles. The average molecular weight is 364 g/mol. The molecular formula is C17H17FN2O4S. The zero-order chi connectivity index (χ0) is 18.0. The van der Waals surface area contributed by atoms with Crippen LogP contribution in [0.15, 0.2) is 24.3 Å². The number of thiazole rings is 1. The third-order valence-corrected chi connectivity index (χ3v) is 5.15. The van der Waals surface area contributed by atoms with E-state index in [0.29, 0.717) is 34.3 Å². The van der Waals surface area contributed by atoms with Crippen molar-refractivity contribution in [1.29, 1.82) is 0 Å². The molecule has 1 fully saturated rings. The summed E-state index contributed by atoms with van der Waals surface area (Å²) in [5.74, 6) is -1.38. The van der Waals surface area contributed by atoms with Crippen LogP contribution in [0.5, 0.6) is 5.75 Å². The normalized spacial score (nSPS) is 16.9. The van der Waals surface area contributed by atoms with Crippen molar-refractivity contribution in [3.05, 3.63) is 45.7 Å². The molecule has 0 unspecified atom stereocenters. The molecule has 0 aliphatic carbocycles. The third-order valence-electron chi connectivity index (χ3n) is 4.04. The van der Waals surface area contributed by atoms with E-state index in [0.717, 1.165) is 0 Å². The second-order valence-corrected chi connectivity index (χ2v) is 6.92. The smallest absolute Gasteiger partial charge is 0.308 e. The summed E-state index contributed by atoms with van der Waals surface area (Å²) in [6, 6.07) is 5.67. The van der Waals surface area contributed by atoms with Gasteiger partial charge in [0.05, 0.1) is 11.6 Å². The standard InChI is InChI=1S/C17H17FN2O4S/c1-10-15(16(21)20-7-6-11(8-20)17(22)23)25-14(19-10)9-24-13-4-2-12(18)3-5-13/h2-5,11H,6-9H2,1H3,(H,22,23)/t11-/m1/s1. The monoisotopic (exact) mass is 364 g/mol. The molecule has 0 radical (unpaired) electrons. The van der Waals surface area contributed by atoms with E-state index in [1.807, 2.05) is 0 Å². The Bertz CT molecular complexity index is 790. The minimum atomic E-state index is -0.871. The molecule has 8 heteroatoms. The Labute approximate surface area is 147 Å². The molecule has 3 rings (SSSR count). The number of carbonyl (C=O) groups excluding carboxylic acids is 1. The molecule has 1 aromatic carbocycles. The van der Waals surface area contributed by atoms with Crippen molar-refractivity contribution in [1.82, 2.24) is 9.88 Å². The van der Waals surface area contributed by atoms with Crippen LogP contribution >= 0.6 is 11.3 Å². The zero-order valence-electron chi connectivity index (χ0n) is 13.6. The van der Waals surface area contributed by atoms with Gasteiger partial charge in [-0.2, -0.15) is 0 Å². The van der Waals surface area contributed by atoms with E-state index >= 15 is 0 Å². The van der Waals surface area contributed by atoms with E-state index in [9.17, 15) is 14.0 Å². The zero-order valence-corrected chi connectivity index (χ0v) is 14.4. The van der Waals surface area contributed by atoms with Gasteiger partial charge in [-0.05, 0) is 37.6 Å². The third kappa shape index (κ3) is 3.96. The van der Waals surface area contributed by atoms with Crippen LogP contribution < -0.4 is 4.74 Å². The Hall–Kier alpha value is -2.48. The second-order valence-electron chi connectivity index (χ2n) is 5.84. The van der Waals surface area contributed by atoms with E-state index in [-0.39, 0.29) is 24.9 Å². The molecule has 1 saturated heterocycles. The largest absolute Gasteiger partial charge is 0.486 e. The summed E-state index contributed by atoms with van der Waals surface area (Å²) in [4.78, 5) is 30.0. The van der Waals surface area contributed by atoms with Crippen molar-refractivity contribution in [2.24, 2.45) is 5.92 Å². The van der Waals surface area contributed by atoms with Gasteiger partial charge in [0.2, 0.25) is 0 Å². The topological polar surface area (TPSA) is 79.7 Å². The number of ether oxygens (including phenoxy) is 1. The maximum absolute atomic E-state index is 12.9. The van der Waals surface area contributed by atoms with Crippen molar-refractivity contribution < 1.29 is 23.8 Å². The molecule has 0 bridgehead atoms. The van der Waals surface area contributed by atoms with Crippen molar-refractivity contribution in [3.8, 4) is 5.75 Å².